The predicted octanol–water partition coefficient (Wildman–Crippen LogP) is 5.12. The van der Waals surface area contributed by atoms with Gasteiger partial charge in [-0.25, -0.2) is 0 Å². The van der Waals surface area contributed by atoms with Crippen LogP contribution in [0.1, 0.15) is 30.5 Å². The van der Waals surface area contributed by atoms with Crippen molar-refractivity contribution >= 4 is 23.0 Å². The van der Waals surface area contributed by atoms with Gasteiger partial charge < -0.3 is 5.32 Å². The molecule has 110 valence electrons. The van der Waals surface area contributed by atoms with Gasteiger partial charge in [0.15, 0.2) is 0 Å². The Bertz CT molecular complexity index is 658. The molecule has 0 amide bonds. The third-order valence-electron chi connectivity index (χ3n) is 3.49. The molecular formula is C16H17ClN2O2. The molecule has 0 saturated carbocycles. The number of benzene rings is 2. The minimum Gasteiger partial charge on any atom is -0.378 e. The first-order chi connectivity index (χ1) is 10.0. The molecule has 21 heavy (non-hydrogen) atoms. The minimum absolute atomic E-state index is 0.0596. The molecule has 1 N–H and O–H groups in total. The molecule has 5 heteroatoms. The van der Waals surface area contributed by atoms with Crippen LogP contribution in [0.4, 0.5) is 11.4 Å². The molecule has 0 aliphatic carbocycles. The van der Waals surface area contributed by atoms with Crippen molar-refractivity contribution in [2.24, 2.45) is 0 Å². The summed E-state index contributed by atoms with van der Waals surface area (Å²) in [5.74, 6) is 0. The molecule has 2 aromatic rings. The van der Waals surface area contributed by atoms with Gasteiger partial charge in [0.1, 0.15) is 0 Å². The fraction of sp³-hybridized carbons (Fsp3) is 0.250. The van der Waals surface area contributed by atoms with Gasteiger partial charge in [0.05, 0.1) is 11.0 Å². The summed E-state index contributed by atoms with van der Waals surface area (Å²) in [5, 5.41) is 15.1. The van der Waals surface area contributed by atoms with Gasteiger partial charge in [0, 0.05) is 22.3 Å². The highest BCUT2D eigenvalue weighted by atomic mass is 35.5. The van der Waals surface area contributed by atoms with Gasteiger partial charge in [-0.15, -0.1) is 0 Å². The Balaban J connectivity index is 2.31. The van der Waals surface area contributed by atoms with Gasteiger partial charge >= 0.3 is 0 Å². The van der Waals surface area contributed by atoms with E-state index in [2.05, 4.69) is 12.2 Å². The SMILES string of the molecule is CCC(Nc1cccc([N+](=O)[O-])c1C)c1cccc(Cl)c1. The van der Waals surface area contributed by atoms with Crippen LogP contribution in [-0.2, 0) is 0 Å². The first kappa shape index (κ1) is 15.3. The molecule has 0 bridgehead atoms. The summed E-state index contributed by atoms with van der Waals surface area (Å²) in [4.78, 5) is 10.6. The molecule has 0 saturated heterocycles. The Hall–Kier alpha value is -2.07. The van der Waals surface area contributed by atoms with Gasteiger partial charge in [-0.1, -0.05) is 36.7 Å². The molecule has 0 aliphatic rings. The van der Waals surface area contributed by atoms with Gasteiger partial charge in [-0.05, 0) is 37.1 Å². The summed E-state index contributed by atoms with van der Waals surface area (Å²) in [6, 6.07) is 12.8. The largest absolute Gasteiger partial charge is 0.378 e. The normalized spacial score (nSPS) is 12.0. The van der Waals surface area contributed by atoms with E-state index in [1.807, 2.05) is 30.3 Å². The van der Waals surface area contributed by atoms with Crippen molar-refractivity contribution in [2.45, 2.75) is 26.3 Å². The molecular weight excluding hydrogens is 288 g/mol. The summed E-state index contributed by atoms with van der Waals surface area (Å²) in [6.07, 6.45) is 0.850. The van der Waals surface area contributed by atoms with E-state index in [-0.39, 0.29) is 16.7 Å². The molecule has 0 radical (unpaired) electrons. The van der Waals surface area contributed by atoms with E-state index >= 15 is 0 Å². The molecule has 0 aromatic heterocycles. The number of hydrogen-bond donors (Lipinski definition) is 1. The molecule has 2 rings (SSSR count). The molecule has 0 fully saturated rings. The summed E-state index contributed by atoms with van der Waals surface area (Å²) >= 11 is 6.03. The molecule has 0 spiro atoms. The van der Waals surface area contributed by atoms with E-state index in [0.29, 0.717) is 10.6 Å². The second-order valence-electron chi connectivity index (χ2n) is 4.87. The quantitative estimate of drug-likeness (QED) is 0.616. The van der Waals surface area contributed by atoms with Gasteiger partial charge in [-0.2, -0.15) is 0 Å². The second-order valence-corrected chi connectivity index (χ2v) is 5.30. The third-order valence-corrected chi connectivity index (χ3v) is 3.73. The number of nitro benzene ring substituents is 1. The number of nitro groups is 1. The Labute approximate surface area is 128 Å². The maximum Gasteiger partial charge on any atom is 0.274 e. The van der Waals surface area contributed by atoms with Crippen LogP contribution in [-0.4, -0.2) is 4.92 Å². The highest BCUT2D eigenvalue weighted by Crippen LogP contribution is 2.30. The van der Waals surface area contributed by atoms with Crippen LogP contribution < -0.4 is 5.32 Å². The summed E-state index contributed by atoms with van der Waals surface area (Å²) < 4.78 is 0. The van der Waals surface area contributed by atoms with Crippen LogP contribution in [0.15, 0.2) is 42.5 Å². The molecule has 1 unspecified atom stereocenters. The van der Waals surface area contributed by atoms with Gasteiger partial charge in [0.2, 0.25) is 0 Å². The molecule has 0 heterocycles. The number of rotatable bonds is 5. The van der Waals surface area contributed by atoms with E-state index in [1.54, 1.807) is 13.0 Å². The van der Waals surface area contributed by atoms with Crippen molar-refractivity contribution in [3.05, 3.63) is 68.7 Å². The highest BCUT2D eigenvalue weighted by molar-refractivity contribution is 6.30. The standard InChI is InChI=1S/C16H17ClN2O2/c1-3-14(12-6-4-7-13(17)10-12)18-15-8-5-9-16(11(15)2)19(20)21/h4-10,14,18H,3H2,1-2H3. The van der Waals surface area contributed by atoms with E-state index in [4.69, 9.17) is 11.6 Å². The lowest BCUT2D eigenvalue weighted by Crippen LogP contribution is -2.11. The number of nitrogens with zero attached hydrogens (tertiary/aromatic N) is 1. The van der Waals surface area contributed by atoms with Crippen molar-refractivity contribution in [1.82, 2.24) is 0 Å². The Kier molecular flexibility index (Phi) is 4.81. The third kappa shape index (κ3) is 3.52. The van der Waals surface area contributed by atoms with E-state index < -0.39 is 0 Å². The van der Waals surface area contributed by atoms with Crippen LogP contribution in [0, 0.1) is 17.0 Å². The highest BCUT2D eigenvalue weighted by Gasteiger charge is 2.16. The lowest BCUT2D eigenvalue weighted by molar-refractivity contribution is -0.385. The van der Waals surface area contributed by atoms with E-state index in [9.17, 15) is 10.1 Å². The summed E-state index contributed by atoms with van der Waals surface area (Å²) in [6.45, 7) is 3.82. The van der Waals surface area contributed by atoms with Crippen molar-refractivity contribution in [3.63, 3.8) is 0 Å². The maximum atomic E-state index is 11.0. The number of halogens is 1. The monoisotopic (exact) mass is 304 g/mol. The zero-order valence-electron chi connectivity index (χ0n) is 12.0. The van der Waals surface area contributed by atoms with Crippen LogP contribution in [0.2, 0.25) is 5.02 Å². The second kappa shape index (κ2) is 6.59. The Morgan fingerprint density at radius 3 is 2.62 bits per heavy atom. The van der Waals surface area contributed by atoms with Gasteiger partial charge in [0.25, 0.3) is 5.69 Å². The lowest BCUT2D eigenvalue weighted by Gasteiger charge is -2.20. The zero-order valence-corrected chi connectivity index (χ0v) is 12.7. The fourth-order valence-corrected chi connectivity index (χ4v) is 2.51. The van der Waals surface area contributed by atoms with Crippen molar-refractivity contribution in [3.8, 4) is 0 Å². The zero-order chi connectivity index (χ0) is 15.4. The van der Waals surface area contributed by atoms with Crippen molar-refractivity contribution in [2.75, 3.05) is 5.32 Å². The average Bonchev–Trinajstić information content (AvgIpc) is 2.46. The average molecular weight is 305 g/mol. The molecule has 2 aromatic carbocycles. The first-order valence-corrected chi connectivity index (χ1v) is 7.16. The topological polar surface area (TPSA) is 55.2 Å². The Morgan fingerprint density at radius 2 is 2.00 bits per heavy atom. The lowest BCUT2D eigenvalue weighted by atomic mass is 10.0. The van der Waals surface area contributed by atoms with E-state index in [1.165, 1.54) is 6.07 Å². The number of anilines is 1. The minimum atomic E-state index is -0.360. The maximum absolute atomic E-state index is 11.0. The fourth-order valence-electron chi connectivity index (χ4n) is 2.31. The van der Waals surface area contributed by atoms with Crippen molar-refractivity contribution < 1.29 is 4.92 Å². The molecule has 4 nitrogen and oxygen atoms in total. The van der Waals surface area contributed by atoms with Crippen LogP contribution >= 0.6 is 11.6 Å². The van der Waals surface area contributed by atoms with Crippen LogP contribution in [0.5, 0.6) is 0 Å². The summed E-state index contributed by atoms with van der Waals surface area (Å²) in [5.41, 5.74) is 2.61. The number of hydrogen-bond acceptors (Lipinski definition) is 3. The summed E-state index contributed by atoms with van der Waals surface area (Å²) in [7, 11) is 0. The predicted molar refractivity (Wildman–Crippen MR) is 85.9 cm³/mol. The van der Waals surface area contributed by atoms with E-state index in [0.717, 1.165) is 17.7 Å². The van der Waals surface area contributed by atoms with Gasteiger partial charge in [-0.3, -0.25) is 10.1 Å². The molecule has 1 atom stereocenters. The number of nitrogens with one attached hydrogen (secondary N) is 1. The Morgan fingerprint density at radius 1 is 1.29 bits per heavy atom. The molecule has 0 aliphatic heterocycles. The first-order valence-electron chi connectivity index (χ1n) is 6.79. The smallest absolute Gasteiger partial charge is 0.274 e. The van der Waals surface area contributed by atoms with Crippen LogP contribution in [0.3, 0.4) is 0 Å². The van der Waals surface area contributed by atoms with Crippen molar-refractivity contribution in [1.29, 1.82) is 0 Å². The van der Waals surface area contributed by atoms with Crippen LogP contribution in [0.25, 0.3) is 0 Å².